The largest absolute Gasteiger partial charge is 0.435 e. The molecule has 1 amide bonds. The van der Waals surface area contributed by atoms with Crippen LogP contribution >= 0.6 is 0 Å². The van der Waals surface area contributed by atoms with Crippen LogP contribution in [0.1, 0.15) is 10.4 Å². The fraction of sp³-hybridized carbons (Fsp3) is 0.0588. The first-order valence-corrected chi connectivity index (χ1v) is 6.83. The molecule has 0 spiro atoms. The molecule has 6 heteroatoms. The summed E-state index contributed by atoms with van der Waals surface area (Å²) in [6.45, 7) is -2.88. The number of pyridine rings is 1. The number of nitrogens with one attached hydrogen (secondary N) is 1. The van der Waals surface area contributed by atoms with Crippen LogP contribution in [-0.2, 0) is 0 Å². The molecule has 0 fully saturated rings. The second kappa shape index (κ2) is 6.39. The highest BCUT2D eigenvalue weighted by molar-refractivity contribution is 6.12. The van der Waals surface area contributed by atoms with Gasteiger partial charge in [0, 0.05) is 22.8 Å². The van der Waals surface area contributed by atoms with Crippen molar-refractivity contribution in [3.63, 3.8) is 0 Å². The van der Waals surface area contributed by atoms with Crippen molar-refractivity contribution >= 4 is 22.5 Å². The van der Waals surface area contributed by atoms with Crippen LogP contribution in [0, 0.1) is 0 Å². The maximum atomic E-state index is 12.4. The minimum absolute atomic E-state index is 0.0346. The van der Waals surface area contributed by atoms with Gasteiger partial charge in [-0.2, -0.15) is 8.78 Å². The van der Waals surface area contributed by atoms with E-state index in [9.17, 15) is 13.6 Å². The number of aromatic nitrogens is 1. The molecule has 0 aliphatic heterocycles. The predicted octanol–water partition coefficient (Wildman–Crippen LogP) is 4.09. The summed E-state index contributed by atoms with van der Waals surface area (Å²) in [7, 11) is 0. The Hall–Kier alpha value is -3.02. The highest BCUT2D eigenvalue weighted by atomic mass is 19.3. The molecule has 0 bridgehead atoms. The number of hydrogen-bond donors (Lipinski definition) is 1. The van der Waals surface area contributed by atoms with Crippen LogP contribution in [0.5, 0.6) is 5.75 Å². The summed E-state index contributed by atoms with van der Waals surface area (Å²) in [6.07, 6.45) is 1.66. The van der Waals surface area contributed by atoms with Crippen molar-refractivity contribution in [2.24, 2.45) is 0 Å². The summed E-state index contributed by atoms with van der Waals surface area (Å²) in [5.74, 6) is -0.265. The summed E-state index contributed by atoms with van der Waals surface area (Å²) in [6, 6.07) is 14.6. The molecular formula is C17H12F2N2O2. The van der Waals surface area contributed by atoms with Gasteiger partial charge in [-0.15, -0.1) is 0 Å². The van der Waals surface area contributed by atoms with Crippen molar-refractivity contribution in [1.29, 1.82) is 0 Å². The molecule has 0 radical (unpaired) electrons. The van der Waals surface area contributed by atoms with Gasteiger partial charge < -0.3 is 10.1 Å². The van der Waals surface area contributed by atoms with Crippen LogP contribution in [-0.4, -0.2) is 17.5 Å². The molecule has 2 aromatic carbocycles. The van der Waals surface area contributed by atoms with Gasteiger partial charge in [-0.25, -0.2) is 0 Å². The fourth-order valence-electron chi connectivity index (χ4n) is 2.22. The summed E-state index contributed by atoms with van der Waals surface area (Å²) < 4.78 is 28.5. The third kappa shape index (κ3) is 3.42. The first-order chi connectivity index (χ1) is 11.1. The first kappa shape index (κ1) is 14.9. The Morgan fingerprint density at radius 1 is 1.04 bits per heavy atom. The van der Waals surface area contributed by atoms with Crippen molar-refractivity contribution < 1.29 is 18.3 Å². The van der Waals surface area contributed by atoms with Crippen LogP contribution in [0.3, 0.4) is 0 Å². The molecule has 4 nitrogen and oxygen atoms in total. The van der Waals surface area contributed by atoms with Crippen LogP contribution in [0.15, 0.2) is 60.8 Å². The average Bonchev–Trinajstić information content (AvgIpc) is 2.55. The maximum absolute atomic E-state index is 12.4. The lowest BCUT2D eigenvalue weighted by Gasteiger charge is -2.09. The molecule has 1 aromatic heterocycles. The first-order valence-electron chi connectivity index (χ1n) is 6.83. The molecule has 0 saturated carbocycles. The molecule has 0 unspecified atom stereocenters. The van der Waals surface area contributed by atoms with Crippen molar-refractivity contribution in [3.05, 3.63) is 66.4 Å². The van der Waals surface area contributed by atoms with E-state index < -0.39 is 6.61 Å². The minimum atomic E-state index is -2.88. The van der Waals surface area contributed by atoms with E-state index in [0.29, 0.717) is 11.3 Å². The zero-order valence-electron chi connectivity index (χ0n) is 11.9. The number of rotatable bonds is 4. The number of halogens is 2. The normalized spacial score (nSPS) is 10.7. The van der Waals surface area contributed by atoms with E-state index in [1.54, 1.807) is 24.4 Å². The SMILES string of the molecule is O=C(Nc1ccc(OC(F)F)cc1)c1cccc2ncccc12. The summed E-state index contributed by atoms with van der Waals surface area (Å²) in [5.41, 5.74) is 1.70. The van der Waals surface area contributed by atoms with Crippen molar-refractivity contribution in [1.82, 2.24) is 4.98 Å². The van der Waals surface area contributed by atoms with Crippen LogP contribution < -0.4 is 10.1 Å². The van der Waals surface area contributed by atoms with Crippen molar-refractivity contribution in [2.45, 2.75) is 6.61 Å². The lowest BCUT2D eigenvalue weighted by molar-refractivity contribution is -0.0498. The van der Waals surface area contributed by atoms with Crippen LogP contribution in [0.25, 0.3) is 10.9 Å². The van der Waals surface area contributed by atoms with E-state index in [4.69, 9.17) is 0 Å². The van der Waals surface area contributed by atoms with E-state index >= 15 is 0 Å². The molecule has 1 heterocycles. The highest BCUT2D eigenvalue weighted by Gasteiger charge is 2.11. The number of carbonyl (C=O) groups is 1. The van der Waals surface area contributed by atoms with Gasteiger partial charge in [0.25, 0.3) is 5.91 Å². The molecule has 0 atom stereocenters. The highest BCUT2D eigenvalue weighted by Crippen LogP contribution is 2.20. The van der Waals surface area contributed by atoms with Crippen molar-refractivity contribution in [3.8, 4) is 5.75 Å². The number of benzene rings is 2. The smallest absolute Gasteiger partial charge is 0.387 e. The summed E-state index contributed by atoms with van der Waals surface area (Å²) in [4.78, 5) is 16.6. The third-order valence-corrected chi connectivity index (χ3v) is 3.23. The van der Waals surface area contributed by atoms with Gasteiger partial charge in [-0.1, -0.05) is 12.1 Å². The second-order valence-electron chi connectivity index (χ2n) is 4.73. The molecule has 3 rings (SSSR count). The van der Waals surface area contributed by atoms with E-state index in [0.717, 1.165) is 10.9 Å². The Morgan fingerprint density at radius 3 is 2.57 bits per heavy atom. The number of hydrogen-bond acceptors (Lipinski definition) is 3. The van der Waals surface area contributed by atoms with Gasteiger partial charge in [0.2, 0.25) is 0 Å². The number of carbonyl (C=O) groups excluding carboxylic acids is 1. The molecule has 1 N–H and O–H groups in total. The van der Waals surface area contributed by atoms with E-state index in [1.165, 1.54) is 24.3 Å². The molecule has 0 aliphatic rings. The zero-order valence-corrected chi connectivity index (χ0v) is 11.9. The molecule has 23 heavy (non-hydrogen) atoms. The number of fused-ring (bicyclic) bond motifs is 1. The van der Waals surface area contributed by atoms with Gasteiger partial charge in [-0.3, -0.25) is 9.78 Å². The standard InChI is InChI=1S/C17H12F2N2O2/c18-17(19)23-12-8-6-11(7-9-12)21-16(22)14-3-1-5-15-13(14)4-2-10-20-15/h1-10,17H,(H,21,22). The Morgan fingerprint density at radius 2 is 1.83 bits per heavy atom. The lowest BCUT2D eigenvalue weighted by atomic mass is 10.1. The number of ether oxygens (including phenoxy) is 1. The topological polar surface area (TPSA) is 51.2 Å². The Bertz CT molecular complexity index is 830. The van der Waals surface area contributed by atoms with Crippen molar-refractivity contribution in [2.75, 3.05) is 5.32 Å². The van der Waals surface area contributed by atoms with Crippen LogP contribution in [0.4, 0.5) is 14.5 Å². The van der Waals surface area contributed by atoms with Crippen LogP contribution in [0.2, 0.25) is 0 Å². The van der Waals surface area contributed by atoms with E-state index in [-0.39, 0.29) is 11.7 Å². The van der Waals surface area contributed by atoms with Gasteiger partial charge >= 0.3 is 6.61 Å². The Balaban J connectivity index is 1.81. The molecule has 3 aromatic rings. The van der Waals surface area contributed by atoms with E-state index in [2.05, 4.69) is 15.0 Å². The van der Waals surface area contributed by atoms with Gasteiger partial charge in [0.15, 0.2) is 0 Å². The third-order valence-electron chi connectivity index (χ3n) is 3.23. The Labute approximate surface area is 130 Å². The number of nitrogens with zero attached hydrogens (tertiary/aromatic N) is 1. The monoisotopic (exact) mass is 314 g/mol. The minimum Gasteiger partial charge on any atom is -0.435 e. The number of anilines is 1. The predicted molar refractivity (Wildman–Crippen MR) is 82.8 cm³/mol. The zero-order chi connectivity index (χ0) is 16.2. The quantitative estimate of drug-likeness (QED) is 0.789. The number of alkyl halides is 2. The fourth-order valence-corrected chi connectivity index (χ4v) is 2.22. The molecule has 116 valence electrons. The second-order valence-corrected chi connectivity index (χ2v) is 4.73. The summed E-state index contributed by atoms with van der Waals surface area (Å²) in [5, 5.41) is 3.46. The molecule has 0 saturated heterocycles. The molecular weight excluding hydrogens is 302 g/mol. The van der Waals surface area contributed by atoms with Gasteiger partial charge in [-0.05, 0) is 42.5 Å². The average molecular weight is 314 g/mol. The Kier molecular flexibility index (Phi) is 4.14. The maximum Gasteiger partial charge on any atom is 0.387 e. The van der Waals surface area contributed by atoms with Gasteiger partial charge in [0.1, 0.15) is 5.75 Å². The van der Waals surface area contributed by atoms with Gasteiger partial charge in [0.05, 0.1) is 5.52 Å². The van der Waals surface area contributed by atoms with E-state index in [1.807, 2.05) is 12.1 Å². The number of amides is 1. The molecule has 0 aliphatic carbocycles. The lowest BCUT2D eigenvalue weighted by Crippen LogP contribution is -2.12. The summed E-state index contributed by atoms with van der Waals surface area (Å²) >= 11 is 0.